The van der Waals surface area contributed by atoms with Gasteiger partial charge in [0, 0.05) is 36.8 Å². The van der Waals surface area contributed by atoms with Crippen molar-refractivity contribution in [1.29, 1.82) is 0 Å². The number of benzene rings is 2. The summed E-state index contributed by atoms with van der Waals surface area (Å²) in [6, 6.07) is 16.6. The van der Waals surface area contributed by atoms with E-state index in [1.54, 1.807) is 7.11 Å². The molecule has 1 aliphatic rings. The molecule has 4 rings (SSSR count). The summed E-state index contributed by atoms with van der Waals surface area (Å²) < 4.78 is 11.7. The fraction of sp³-hybridized carbons (Fsp3) is 0.318. The van der Waals surface area contributed by atoms with E-state index in [9.17, 15) is 0 Å². The van der Waals surface area contributed by atoms with Crippen LogP contribution in [-0.4, -0.2) is 29.6 Å². The van der Waals surface area contributed by atoms with Crippen LogP contribution in [0.4, 0.5) is 0 Å². The molecule has 0 bridgehead atoms. The van der Waals surface area contributed by atoms with E-state index in [0.29, 0.717) is 0 Å². The first-order valence-electron chi connectivity index (χ1n) is 9.15. The van der Waals surface area contributed by atoms with Crippen molar-refractivity contribution in [2.75, 3.05) is 13.7 Å². The van der Waals surface area contributed by atoms with Crippen LogP contribution in [0.5, 0.6) is 11.5 Å². The standard InChI is InChI=1S/C22H24N2O2/c1-3-18-15-24(14-17-12-19(25-2)8-9-22(17)26-18)13-16-10-11-23-21-7-5-4-6-20(16)21/h4-12,18H,3,13-15H2,1-2H3. The van der Waals surface area contributed by atoms with E-state index in [-0.39, 0.29) is 6.10 Å². The van der Waals surface area contributed by atoms with Crippen LogP contribution in [0, 0.1) is 0 Å². The van der Waals surface area contributed by atoms with E-state index in [0.717, 1.165) is 43.1 Å². The van der Waals surface area contributed by atoms with Crippen molar-refractivity contribution in [3.8, 4) is 11.5 Å². The van der Waals surface area contributed by atoms with Gasteiger partial charge in [0.05, 0.1) is 12.6 Å². The lowest BCUT2D eigenvalue weighted by Crippen LogP contribution is -2.32. The topological polar surface area (TPSA) is 34.6 Å². The first kappa shape index (κ1) is 16.9. The number of pyridine rings is 1. The number of aromatic nitrogens is 1. The first-order chi connectivity index (χ1) is 12.8. The van der Waals surface area contributed by atoms with E-state index in [4.69, 9.17) is 9.47 Å². The molecule has 1 atom stereocenters. The molecule has 2 heterocycles. The van der Waals surface area contributed by atoms with Crippen LogP contribution in [0.1, 0.15) is 24.5 Å². The highest BCUT2D eigenvalue weighted by Gasteiger charge is 2.23. The Balaban J connectivity index is 1.66. The minimum atomic E-state index is 0.192. The van der Waals surface area contributed by atoms with Crippen LogP contribution >= 0.6 is 0 Å². The van der Waals surface area contributed by atoms with Crippen LogP contribution in [0.25, 0.3) is 10.9 Å². The summed E-state index contributed by atoms with van der Waals surface area (Å²) in [4.78, 5) is 6.94. The minimum Gasteiger partial charge on any atom is -0.497 e. The molecule has 4 nitrogen and oxygen atoms in total. The van der Waals surface area contributed by atoms with Crippen molar-refractivity contribution in [3.05, 3.63) is 65.9 Å². The van der Waals surface area contributed by atoms with Gasteiger partial charge in [0.15, 0.2) is 0 Å². The molecular weight excluding hydrogens is 324 g/mol. The van der Waals surface area contributed by atoms with Gasteiger partial charge in [-0.25, -0.2) is 0 Å². The molecule has 1 unspecified atom stereocenters. The van der Waals surface area contributed by atoms with E-state index in [2.05, 4.69) is 47.1 Å². The molecule has 0 radical (unpaired) electrons. The van der Waals surface area contributed by atoms with Crippen LogP contribution < -0.4 is 9.47 Å². The number of rotatable bonds is 4. The van der Waals surface area contributed by atoms with Crippen LogP contribution in [0.3, 0.4) is 0 Å². The van der Waals surface area contributed by atoms with Crippen molar-refractivity contribution in [3.63, 3.8) is 0 Å². The molecule has 1 aliphatic heterocycles. The Morgan fingerprint density at radius 2 is 2.08 bits per heavy atom. The zero-order valence-electron chi connectivity index (χ0n) is 15.3. The minimum absolute atomic E-state index is 0.192. The van der Waals surface area contributed by atoms with Gasteiger partial charge in [0.2, 0.25) is 0 Å². The molecule has 0 saturated carbocycles. The highest BCUT2D eigenvalue weighted by molar-refractivity contribution is 5.81. The van der Waals surface area contributed by atoms with Gasteiger partial charge in [-0.2, -0.15) is 0 Å². The third-order valence-electron chi connectivity index (χ3n) is 5.01. The average molecular weight is 348 g/mol. The number of fused-ring (bicyclic) bond motifs is 2. The van der Waals surface area contributed by atoms with Crippen molar-refractivity contribution in [2.24, 2.45) is 0 Å². The van der Waals surface area contributed by atoms with Crippen molar-refractivity contribution in [2.45, 2.75) is 32.5 Å². The Bertz CT molecular complexity index is 904. The monoisotopic (exact) mass is 348 g/mol. The van der Waals surface area contributed by atoms with Gasteiger partial charge in [0.1, 0.15) is 17.6 Å². The Morgan fingerprint density at radius 1 is 1.19 bits per heavy atom. The summed E-state index contributed by atoms with van der Waals surface area (Å²) in [5, 5.41) is 1.22. The zero-order chi connectivity index (χ0) is 17.9. The van der Waals surface area contributed by atoms with Gasteiger partial charge in [-0.05, 0) is 42.3 Å². The maximum Gasteiger partial charge on any atom is 0.124 e. The number of nitrogens with zero attached hydrogens (tertiary/aromatic N) is 2. The van der Waals surface area contributed by atoms with Crippen molar-refractivity contribution < 1.29 is 9.47 Å². The maximum atomic E-state index is 6.25. The van der Waals surface area contributed by atoms with E-state index in [1.807, 2.05) is 24.4 Å². The summed E-state index contributed by atoms with van der Waals surface area (Å²) >= 11 is 0. The SMILES string of the molecule is CCC1CN(Cc2ccnc3ccccc23)Cc2cc(OC)ccc2O1. The van der Waals surface area contributed by atoms with Gasteiger partial charge in [-0.1, -0.05) is 25.1 Å². The lowest BCUT2D eigenvalue weighted by atomic mass is 10.1. The van der Waals surface area contributed by atoms with Crippen LogP contribution in [0.2, 0.25) is 0 Å². The number of hydrogen-bond acceptors (Lipinski definition) is 4. The number of ether oxygens (including phenoxy) is 2. The van der Waals surface area contributed by atoms with E-state index >= 15 is 0 Å². The summed E-state index contributed by atoms with van der Waals surface area (Å²) in [6.07, 6.45) is 3.08. The van der Waals surface area contributed by atoms with Gasteiger partial charge in [-0.3, -0.25) is 9.88 Å². The van der Waals surface area contributed by atoms with E-state index in [1.165, 1.54) is 16.5 Å². The van der Waals surface area contributed by atoms with Gasteiger partial charge in [-0.15, -0.1) is 0 Å². The van der Waals surface area contributed by atoms with Crippen LogP contribution in [-0.2, 0) is 13.1 Å². The number of methoxy groups -OCH3 is 1. The Hall–Kier alpha value is -2.59. The predicted molar refractivity (Wildman–Crippen MR) is 104 cm³/mol. The maximum absolute atomic E-state index is 6.25. The highest BCUT2D eigenvalue weighted by Crippen LogP contribution is 2.30. The molecular formula is C22H24N2O2. The second-order valence-corrected chi connectivity index (χ2v) is 6.78. The third kappa shape index (κ3) is 3.37. The molecule has 3 aromatic rings. The van der Waals surface area contributed by atoms with Gasteiger partial charge >= 0.3 is 0 Å². The Labute approximate surface area is 154 Å². The molecule has 0 N–H and O–H groups in total. The molecule has 0 saturated heterocycles. The molecule has 1 aromatic heterocycles. The number of hydrogen-bond donors (Lipinski definition) is 0. The van der Waals surface area contributed by atoms with Crippen molar-refractivity contribution in [1.82, 2.24) is 9.88 Å². The summed E-state index contributed by atoms with van der Waals surface area (Å²) in [5.74, 6) is 1.84. The lowest BCUT2D eigenvalue weighted by molar-refractivity contribution is 0.139. The zero-order valence-corrected chi connectivity index (χ0v) is 15.3. The Kier molecular flexibility index (Phi) is 4.76. The molecule has 134 valence electrons. The molecule has 4 heteroatoms. The predicted octanol–water partition coefficient (Wildman–Crippen LogP) is 4.42. The second-order valence-electron chi connectivity index (χ2n) is 6.78. The second kappa shape index (κ2) is 7.34. The normalized spacial score (nSPS) is 17.4. The molecule has 0 spiro atoms. The quantitative estimate of drug-likeness (QED) is 0.699. The Morgan fingerprint density at radius 3 is 2.92 bits per heavy atom. The molecule has 0 amide bonds. The number of para-hydroxylation sites is 1. The fourth-order valence-corrected chi connectivity index (χ4v) is 3.60. The van der Waals surface area contributed by atoms with Gasteiger partial charge in [0.25, 0.3) is 0 Å². The molecule has 2 aromatic carbocycles. The van der Waals surface area contributed by atoms with Crippen LogP contribution in [0.15, 0.2) is 54.7 Å². The largest absolute Gasteiger partial charge is 0.497 e. The first-order valence-corrected chi connectivity index (χ1v) is 9.15. The fourth-order valence-electron chi connectivity index (χ4n) is 3.60. The van der Waals surface area contributed by atoms with Gasteiger partial charge < -0.3 is 9.47 Å². The highest BCUT2D eigenvalue weighted by atomic mass is 16.5. The van der Waals surface area contributed by atoms with E-state index < -0.39 is 0 Å². The summed E-state index contributed by atoms with van der Waals surface area (Å²) in [5.41, 5.74) is 3.53. The molecule has 0 fully saturated rings. The summed E-state index contributed by atoms with van der Waals surface area (Å²) in [6.45, 7) is 4.81. The van der Waals surface area contributed by atoms with Crippen molar-refractivity contribution >= 4 is 10.9 Å². The smallest absolute Gasteiger partial charge is 0.124 e. The third-order valence-corrected chi connectivity index (χ3v) is 5.01. The summed E-state index contributed by atoms with van der Waals surface area (Å²) in [7, 11) is 1.70. The average Bonchev–Trinajstić information content (AvgIpc) is 2.86. The molecule has 0 aliphatic carbocycles. The molecule has 26 heavy (non-hydrogen) atoms. The lowest BCUT2D eigenvalue weighted by Gasteiger charge is -2.23.